The van der Waals surface area contributed by atoms with Crippen molar-refractivity contribution < 1.29 is 19.1 Å². The second-order valence-electron chi connectivity index (χ2n) is 7.83. The van der Waals surface area contributed by atoms with Crippen LogP contribution < -0.4 is 25.2 Å². The zero-order valence-electron chi connectivity index (χ0n) is 18.9. The molecule has 0 bridgehead atoms. The molecule has 0 aliphatic carbocycles. The molecule has 4 amide bonds. The molecule has 4 rings (SSSR count). The molecule has 8 nitrogen and oxygen atoms in total. The number of anilines is 2. The Balaban J connectivity index is 1.42. The van der Waals surface area contributed by atoms with E-state index in [0.29, 0.717) is 30.2 Å². The number of fused-ring (bicyclic) bond motifs is 1. The van der Waals surface area contributed by atoms with Gasteiger partial charge in [0.2, 0.25) is 11.8 Å². The number of urea groups is 1. The smallest absolute Gasteiger partial charge is 0.322 e. The maximum Gasteiger partial charge on any atom is 0.322 e. The minimum atomic E-state index is -0.369. The predicted octanol–water partition coefficient (Wildman–Crippen LogP) is 3.07. The molecule has 0 fully saturated rings. The summed E-state index contributed by atoms with van der Waals surface area (Å²) in [5, 5.41) is 5.70. The summed E-state index contributed by atoms with van der Waals surface area (Å²) in [6.45, 7) is 0.372. The van der Waals surface area contributed by atoms with Crippen molar-refractivity contribution in [3.05, 3.63) is 90.0 Å². The Morgan fingerprint density at radius 2 is 1.53 bits per heavy atom. The number of benzene rings is 3. The number of methoxy groups -OCH3 is 1. The van der Waals surface area contributed by atoms with E-state index in [1.54, 1.807) is 31.4 Å². The lowest BCUT2D eigenvalue weighted by Crippen LogP contribution is -2.53. The van der Waals surface area contributed by atoms with Crippen LogP contribution in [0.5, 0.6) is 5.75 Å². The molecule has 1 aliphatic heterocycles. The van der Waals surface area contributed by atoms with Crippen molar-refractivity contribution in [2.24, 2.45) is 0 Å². The molecular weight excluding hydrogens is 432 g/mol. The summed E-state index contributed by atoms with van der Waals surface area (Å²) in [5.74, 6) is 0.0792. The molecule has 3 aromatic carbocycles. The molecule has 0 atom stereocenters. The highest BCUT2D eigenvalue weighted by Gasteiger charge is 2.33. The lowest BCUT2D eigenvalue weighted by molar-refractivity contribution is -0.123. The highest BCUT2D eigenvalue weighted by Crippen LogP contribution is 2.33. The van der Waals surface area contributed by atoms with Gasteiger partial charge in [0.15, 0.2) is 0 Å². The molecular formula is C26H26N4O4. The molecule has 1 aliphatic rings. The molecule has 34 heavy (non-hydrogen) atoms. The first-order valence-electron chi connectivity index (χ1n) is 10.9. The third-order valence-corrected chi connectivity index (χ3v) is 5.52. The zero-order valence-corrected chi connectivity index (χ0v) is 18.9. The van der Waals surface area contributed by atoms with E-state index in [2.05, 4.69) is 10.6 Å². The fourth-order valence-electron chi connectivity index (χ4n) is 3.77. The van der Waals surface area contributed by atoms with Crippen molar-refractivity contribution in [3.63, 3.8) is 0 Å². The quantitative estimate of drug-likeness (QED) is 0.569. The summed E-state index contributed by atoms with van der Waals surface area (Å²) in [6.07, 6.45) is 0. The molecule has 0 saturated carbocycles. The Morgan fingerprint density at radius 1 is 0.853 bits per heavy atom. The number of carbonyl (C=O) groups excluding carboxylic acids is 3. The van der Waals surface area contributed by atoms with Crippen molar-refractivity contribution >= 4 is 29.2 Å². The van der Waals surface area contributed by atoms with Gasteiger partial charge in [-0.25, -0.2) is 4.79 Å². The van der Waals surface area contributed by atoms with Crippen LogP contribution in [-0.2, 0) is 22.7 Å². The van der Waals surface area contributed by atoms with Gasteiger partial charge in [-0.1, -0.05) is 54.6 Å². The summed E-state index contributed by atoms with van der Waals surface area (Å²) in [7, 11) is 1.59. The van der Waals surface area contributed by atoms with E-state index in [1.807, 2.05) is 54.6 Å². The predicted molar refractivity (Wildman–Crippen MR) is 130 cm³/mol. The summed E-state index contributed by atoms with van der Waals surface area (Å²) < 4.78 is 5.21. The number of rotatable bonds is 7. The molecule has 0 aromatic heterocycles. The molecule has 0 radical (unpaired) electrons. The molecule has 3 aromatic rings. The number of nitrogens with zero attached hydrogens (tertiary/aromatic N) is 2. The zero-order chi connectivity index (χ0) is 23.9. The van der Waals surface area contributed by atoms with E-state index in [9.17, 15) is 14.4 Å². The monoisotopic (exact) mass is 458 g/mol. The van der Waals surface area contributed by atoms with Crippen LogP contribution in [0.25, 0.3) is 0 Å². The van der Waals surface area contributed by atoms with Gasteiger partial charge in [0.1, 0.15) is 18.8 Å². The molecule has 0 unspecified atom stereocenters. The molecule has 0 spiro atoms. The molecule has 8 heteroatoms. The number of nitrogens with one attached hydrogen (secondary N) is 2. The summed E-state index contributed by atoms with van der Waals surface area (Å²) in [6, 6.07) is 23.7. The van der Waals surface area contributed by atoms with Crippen molar-refractivity contribution in [2.75, 3.05) is 30.0 Å². The average molecular weight is 459 g/mol. The first-order chi connectivity index (χ1) is 16.5. The number of para-hydroxylation sites is 2. The van der Waals surface area contributed by atoms with Crippen molar-refractivity contribution in [2.45, 2.75) is 13.1 Å². The van der Waals surface area contributed by atoms with Crippen LogP contribution in [0.15, 0.2) is 78.9 Å². The number of ether oxygens (including phenoxy) is 1. The third-order valence-electron chi connectivity index (χ3n) is 5.52. The van der Waals surface area contributed by atoms with Crippen molar-refractivity contribution in [1.29, 1.82) is 0 Å². The van der Waals surface area contributed by atoms with Crippen LogP contribution in [0.2, 0.25) is 0 Å². The van der Waals surface area contributed by atoms with Gasteiger partial charge in [-0.3, -0.25) is 19.4 Å². The molecule has 174 valence electrons. The minimum absolute atomic E-state index is 0.140. The molecule has 1 heterocycles. The van der Waals surface area contributed by atoms with Crippen LogP contribution in [0, 0.1) is 0 Å². The van der Waals surface area contributed by atoms with E-state index in [-0.39, 0.29) is 30.9 Å². The maximum absolute atomic E-state index is 12.9. The van der Waals surface area contributed by atoms with Crippen LogP contribution in [-0.4, -0.2) is 38.0 Å². The van der Waals surface area contributed by atoms with Crippen LogP contribution >= 0.6 is 0 Å². The Kier molecular flexibility index (Phi) is 7.07. The number of carbonyl (C=O) groups is 3. The fraction of sp³-hybridized carbons (Fsp3) is 0.192. The third kappa shape index (κ3) is 5.35. The van der Waals surface area contributed by atoms with E-state index < -0.39 is 0 Å². The Hall–Kier alpha value is -4.33. The minimum Gasteiger partial charge on any atom is -0.497 e. The number of amides is 4. The normalized spacial score (nSPS) is 12.7. The van der Waals surface area contributed by atoms with Crippen LogP contribution in [0.3, 0.4) is 0 Å². The van der Waals surface area contributed by atoms with Gasteiger partial charge in [0, 0.05) is 13.1 Å². The highest BCUT2D eigenvalue weighted by atomic mass is 16.5. The Labute approximate surface area is 198 Å². The van der Waals surface area contributed by atoms with Gasteiger partial charge < -0.3 is 15.4 Å². The Bertz CT molecular complexity index is 1180. The van der Waals surface area contributed by atoms with Gasteiger partial charge >= 0.3 is 6.03 Å². The molecule has 2 N–H and O–H groups in total. The SMILES string of the molecule is COc1cccc(CNC(=O)CN2C(=O)CN(C(=O)NCc3ccccc3)c3ccccc32)c1. The second kappa shape index (κ2) is 10.5. The van der Waals surface area contributed by atoms with Gasteiger partial charge in [0.05, 0.1) is 18.5 Å². The first-order valence-corrected chi connectivity index (χ1v) is 10.9. The molecule has 0 saturated heterocycles. The topological polar surface area (TPSA) is 91.0 Å². The summed E-state index contributed by atoms with van der Waals surface area (Å²) in [5.41, 5.74) is 2.94. The van der Waals surface area contributed by atoms with Crippen LogP contribution in [0.4, 0.5) is 16.2 Å². The number of hydrogen-bond donors (Lipinski definition) is 2. The van der Waals surface area contributed by atoms with E-state index in [4.69, 9.17) is 4.74 Å². The van der Waals surface area contributed by atoms with E-state index in [0.717, 1.165) is 11.1 Å². The van der Waals surface area contributed by atoms with Gasteiger partial charge in [-0.05, 0) is 35.4 Å². The largest absolute Gasteiger partial charge is 0.497 e. The number of hydrogen-bond acceptors (Lipinski definition) is 4. The van der Waals surface area contributed by atoms with Crippen LogP contribution in [0.1, 0.15) is 11.1 Å². The fourth-order valence-corrected chi connectivity index (χ4v) is 3.77. The van der Waals surface area contributed by atoms with E-state index in [1.165, 1.54) is 9.80 Å². The van der Waals surface area contributed by atoms with Gasteiger partial charge in [0.25, 0.3) is 0 Å². The van der Waals surface area contributed by atoms with Gasteiger partial charge in [-0.2, -0.15) is 0 Å². The standard InChI is InChI=1S/C26H26N4O4/c1-34-21-11-7-10-20(14-21)16-27-24(31)17-29-22-12-5-6-13-23(22)30(18-25(29)32)26(33)28-15-19-8-3-2-4-9-19/h2-14H,15-18H2,1H3,(H,27,31)(H,28,33). The lowest BCUT2D eigenvalue weighted by atomic mass is 10.1. The first kappa shape index (κ1) is 22.8. The lowest BCUT2D eigenvalue weighted by Gasteiger charge is -2.35. The highest BCUT2D eigenvalue weighted by molar-refractivity contribution is 6.12. The maximum atomic E-state index is 12.9. The summed E-state index contributed by atoms with van der Waals surface area (Å²) in [4.78, 5) is 41.3. The Morgan fingerprint density at radius 3 is 2.29 bits per heavy atom. The van der Waals surface area contributed by atoms with Crippen molar-refractivity contribution in [1.82, 2.24) is 10.6 Å². The summed E-state index contributed by atoms with van der Waals surface area (Å²) >= 11 is 0. The average Bonchev–Trinajstić information content (AvgIpc) is 2.88. The van der Waals surface area contributed by atoms with Gasteiger partial charge in [-0.15, -0.1) is 0 Å². The van der Waals surface area contributed by atoms with E-state index >= 15 is 0 Å². The second-order valence-corrected chi connectivity index (χ2v) is 7.83. The van der Waals surface area contributed by atoms with Crippen molar-refractivity contribution in [3.8, 4) is 5.75 Å².